The van der Waals surface area contributed by atoms with Crippen LogP contribution in [-0.2, 0) is 0 Å². The van der Waals surface area contributed by atoms with Crippen LogP contribution in [-0.4, -0.2) is 47.6 Å². The van der Waals surface area contributed by atoms with E-state index in [1.165, 1.54) is 23.1 Å². The van der Waals surface area contributed by atoms with Crippen LogP contribution in [0.3, 0.4) is 0 Å². The molecule has 2 saturated carbocycles. The van der Waals surface area contributed by atoms with Gasteiger partial charge in [-0.15, -0.1) is 0 Å². The third kappa shape index (κ3) is 3.65. The summed E-state index contributed by atoms with van der Waals surface area (Å²) in [7, 11) is 1.58. The zero-order valence-corrected chi connectivity index (χ0v) is 14.2. The van der Waals surface area contributed by atoms with Crippen molar-refractivity contribution in [2.24, 2.45) is 11.8 Å². The van der Waals surface area contributed by atoms with Gasteiger partial charge in [0.25, 0.3) is 5.91 Å². The summed E-state index contributed by atoms with van der Waals surface area (Å²) < 4.78 is 55.5. The summed E-state index contributed by atoms with van der Waals surface area (Å²) in [5.74, 6) is -0.417. The number of hydrogen-bond donors (Lipinski definition) is 1. The molecule has 2 aliphatic rings. The Hall–Kier alpha value is -1.83. The van der Waals surface area contributed by atoms with Crippen molar-refractivity contribution in [2.45, 2.75) is 50.4 Å². The number of para-hydroxylation sites is 1. The summed E-state index contributed by atoms with van der Waals surface area (Å²) in [6.45, 7) is 0. The third-order valence-corrected chi connectivity index (χ3v) is 5.45. The second kappa shape index (κ2) is 7.06. The molecule has 2 unspecified atom stereocenters. The van der Waals surface area contributed by atoms with Crippen LogP contribution in [0.2, 0.25) is 0 Å². The van der Waals surface area contributed by atoms with E-state index in [0.717, 1.165) is 18.9 Å². The molecule has 4 nitrogen and oxygen atoms in total. The van der Waals surface area contributed by atoms with E-state index in [0.29, 0.717) is 24.7 Å². The summed E-state index contributed by atoms with van der Waals surface area (Å²) in [6.07, 6.45) is -6.07. The summed E-state index contributed by atoms with van der Waals surface area (Å²) in [4.78, 5) is 14.2. The fourth-order valence-electron chi connectivity index (χ4n) is 4.15. The molecule has 0 spiro atoms. The van der Waals surface area contributed by atoms with Crippen LogP contribution >= 0.6 is 0 Å². The highest BCUT2D eigenvalue weighted by Gasteiger charge is 2.46. The predicted octanol–water partition coefficient (Wildman–Crippen LogP) is 3.54. The molecule has 2 fully saturated rings. The lowest BCUT2D eigenvalue weighted by atomic mass is 10.0. The van der Waals surface area contributed by atoms with Crippen molar-refractivity contribution in [1.29, 1.82) is 0 Å². The average molecular weight is 375 g/mol. The second-order valence-corrected chi connectivity index (χ2v) is 7.15. The van der Waals surface area contributed by atoms with Crippen molar-refractivity contribution in [3.05, 3.63) is 29.8 Å². The smallest absolute Gasteiger partial charge is 0.427 e. The van der Waals surface area contributed by atoms with E-state index in [2.05, 4.69) is 4.74 Å². The van der Waals surface area contributed by atoms with Crippen LogP contribution in [0.4, 0.5) is 17.6 Å². The molecule has 1 aromatic carbocycles. The van der Waals surface area contributed by atoms with Gasteiger partial charge in [-0.25, -0.2) is 0 Å². The number of carbonyl (C=O) groups excluding carboxylic acids is 1. The van der Waals surface area contributed by atoms with E-state index >= 15 is 0 Å². The number of halogens is 4. The minimum absolute atomic E-state index is 0.0753. The van der Waals surface area contributed by atoms with E-state index in [1.54, 1.807) is 7.05 Å². The van der Waals surface area contributed by atoms with Gasteiger partial charge in [-0.05, 0) is 49.7 Å². The van der Waals surface area contributed by atoms with E-state index in [4.69, 9.17) is 0 Å². The molecule has 8 heteroatoms. The van der Waals surface area contributed by atoms with E-state index < -0.39 is 24.2 Å². The third-order valence-electron chi connectivity index (χ3n) is 5.45. The van der Waals surface area contributed by atoms with E-state index in [-0.39, 0.29) is 17.7 Å². The highest BCUT2D eigenvalue weighted by molar-refractivity contribution is 5.97. The number of benzene rings is 1. The number of aliphatic hydroxyl groups excluding tert-OH is 1. The van der Waals surface area contributed by atoms with Crippen molar-refractivity contribution in [3.63, 3.8) is 0 Å². The molecule has 144 valence electrons. The van der Waals surface area contributed by atoms with E-state index in [9.17, 15) is 27.5 Å². The van der Waals surface area contributed by atoms with Gasteiger partial charge in [0.2, 0.25) is 0 Å². The Morgan fingerprint density at radius 2 is 1.77 bits per heavy atom. The summed E-state index contributed by atoms with van der Waals surface area (Å²) in [5.41, 5.74) is -0.174. The first-order valence-electron chi connectivity index (χ1n) is 8.58. The van der Waals surface area contributed by atoms with Crippen LogP contribution in [0.5, 0.6) is 5.75 Å². The maximum Gasteiger partial charge on any atom is 0.461 e. The Labute approximate surface area is 148 Å². The number of alkyl halides is 4. The number of ether oxygens (including phenoxy) is 1. The minimum Gasteiger partial charge on any atom is -0.427 e. The molecule has 0 aliphatic heterocycles. The summed E-state index contributed by atoms with van der Waals surface area (Å²) in [5, 5.41) is 9.71. The lowest BCUT2D eigenvalue weighted by molar-refractivity contribution is -0.253. The first kappa shape index (κ1) is 18.9. The molecule has 26 heavy (non-hydrogen) atoms. The molecule has 0 aromatic heterocycles. The summed E-state index contributed by atoms with van der Waals surface area (Å²) in [6, 6.07) is 5.10. The number of amides is 1. The monoisotopic (exact) mass is 375 g/mol. The first-order chi connectivity index (χ1) is 12.2. The van der Waals surface area contributed by atoms with Gasteiger partial charge in [-0.2, -0.15) is 17.6 Å². The molecule has 1 N–H and O–H groups in total. The van der Waals surface area contributed by atoms with E-state index in [1.807, 2.05) is 0 Å². The SMILES string of the molecule is CN(C(=O)c1ccccc1OC(F)(F)C(F)F)C1C[C@H]2CC(O)C[C@H]2C1. The van der Waals surface area contributed by atoms with Gasteiger partial charge < -0.3 is 14.7 Å². The lowest BCUT2D eigenvalue weighted by Gasteiger charge is -2.27. The Morgan fingerprint density at radius 1 is 1.19 bits per heavy atom. The van der Waals surface area contributed by atoms with Gasteiger partial charge in [0.05, 0.1) is 11.7 Å². The van der Waals surface area contributed by atoms with Crippen LogP contribution in [0.25, 0.3) is 0 Å². The number of hydrogen-bond acceptors (Lipinski definition) is 3. The standard InChI is InChI=1S/C18H21F4NO3/c1-23(12-6-10-8-13(24)9-11(10)7-12)16(25)14-4-2-3-5-15(14)26-18(21,22)17(19)20/h2-5,10-13,17,24H,6-9H2,1H3/t10-,11+,12?,13?. The fraction of sp³-hybridized carbons (Fsp3) is 0.611. The molecule has 1 amide bonds. The maximum absolute atomic E-state index is 13.2. The number of nitrogens with zero attached hydrogens (tertiary/aromatic N) is 1. The lowest BCUT2D eigenvalue weighted by Crippen LogP contribution is -2.38. The molecule has 0 heterocycles. The fourth-order valence-corrected chi connectivity index (χ4v) is 4.15. The summed E-state index contributed by atoms with van der Waals surface area (Å²) >= 11 is 0. The number of aliphatic hydroxyl groups is 1. The zero-order valence-electron chi connectivity index (χ0n) is 14.2. The molecule has 4 atom stereocenters. The van der Waals surface area contributed by atoms with Crippen LogP contribution in [0, 0.1) is 11.8 Å². The topological polar surface area (TPSA) is 49.8 Å². The molecule has 2 aliphatic carbocycles. The average Bonchev–Trinajstić information content (AvgIpc) is 3.10. The second-order valence-electron chi connectivity index (χ2n) is 7.15. The van der Waals surface area contributed by atoms with Gasteiger partial charge in [0.1, 0.15) is 5.75 Å². The van der Waals surface area contributed by atoms with Gasteiger partial charge in [-0.3, -0.25) is 4.79 Å². The van der Waals surface area contributed by atoms with Crippen molar-refractivity contribution in [1.82, 2.24) is 4.90 Å². The van der Waals surface area contributed by atoms with Crippen molar-refractivity contribution < 1.29 is 32.2 Å². The van der Waals surface area contributed by atoms with Gasteiger partial charge in [0, 0.05) is 13.1 Å². The highest BCUT2D eigenvalue weighted by Crippen LogP contribution is 2.45. The van der Waals surface area contributed by atoms with Crippen LogP contribution in [0.15, 0.2) is 24.3 Å². The van der Waals surface area contributed by atoms with Crippen LogP contribution < -0.4 is 4.74 Å². The molecule has 0 bridgehead atoms. The van der Waals surface area contributed by atoms with Crippen molar-refractivity contribution in [3.8, 4) is 5.75 Å². The van der Waals surface area contributed by atoms with Gasteiger partial charge in [-0.1, -0.05) is 12.1 Å². The minimum atomic E-state index is -4.67. The molecular weight excluding hydrogens is 354 g/mol. The number of carbonyl (C=O) groups is 1. The van der Waals surface area contributed by atoms with Gasteiger partial charge >= 0.3 is 12.5 Å². The quantitative estimate of drug-likeness (QED) is 0.801. The highest BCUT2D eigenvalue weighted by atomic mass is 19.3. The Kier molecular flexibility index (Phi) is 5.14. The van der Waals surface area contributed by atoms with Gasteiger partial charge in [0.15, 0.2) is 0 Å². The molecular formula is C18H21F4NO3. The molecule has 0 saturated heterocycles. The molecule has 0 radical (unpaired) electrons. The zero-order chi connectivity index (χ0) is 19.1. The Bertz CT molecular complexity index is 656. The first-order valence-corrected chi connectivity index (χ1v) is 8.58. The van der Waals surface area contributed by atoms with Crippen molar-refractivity contribution in [2.75, 3.05) is 7.05 Å². The molecule has 1 aromatic rings. The number of rotatable bonds is 5. The number of fused-ring (bicyclic) bond motifs is 1. The maximum atomic E-state index is 13.2. The Morgan fingerprint density at radius 3 is 2.35 bits per heavy atom. The largest absolute Gasteiger partial charge is 0.461 e. The predicted molar refractivity (Wildman–Crippen MR) is 85.4 cm³/mol. The Balaban J connectivity index is 1.74. The normalized spacial score (nSPS) is 28.3. The molecule has 3 rings (SSSR count). The van der Waals surface area contributed by atoms with Crippen LogP contribution in [0.1, 0.15) is 36.0 Å². The van der Waals surface area contributed by atoms with Crippen molar-refractivity contribution >= 4 is 5.91 Å².